The number of benzene rings is 1. The smallest absolute Gasteiger partial charge is 0.235 e. The SMILES string of the molecule is Cc1ccc(NS(=O)(=O)C2CCNCC2)c(C)c1. The van der Waals surface area contributed by atoms with Crippen molar-refractivity contribution in [3.05, 3.63) is 29.3 Å². The van der Waals surface area contributed by atoms with E-state index in [-0.39, 0.29) is 5.25 Å². The molecular formula is C13H20N2O2S. The van der Waals surface area contributed by atoms with Crippen LogP contribution in [-0.4, -0.2) is 26.8 Å². The predicted molar refractivity (Wildman–Crippen MR) is 74.4 cm³/mol. The van der Waals surface area contributed by atoms with Gasteiger partial charge in [0.25, 0.3) is 0 Å². The number of hydrogen-bond acceptors (Lipinski definition) is 3. The Bertz CT molecular complexity index is 520. The summed E-state index contributed by atoms with van der Waals surface area (Å²) < 4.78 is 27.2. The topological polar surface area (TPSA) is 58.2 Å². The van der Waals surface area contributed by atoms with E-state index >= 15 is 0 Å². The van der Waals surface area contributed by atoms with Gasteiger partial charge in [-0.15, -0.1) is 0 Å². The largest absolute Gasteiger partial charge is 0.317 e. The van der Waals surface area contributed by atoms with Gasteiger partial charge in [-0.2, -0.15) is 0 Å². The summed E-state index contributed by atoms with van der Waals surface area (Å²) in [5, 5.41) is 2.90. The fraction of sp³-hybridized carbons (Fsp3) is 0.538. The zero-order chi connectivity index (χ0) is 13.2. The Kier molecular flexibility index (Phi) is 3.92. The molecule has 0 amide bonds. The quantitative estimate of drug-likeness (QED) is 0.879. The van der Waals surface area contributed by atoms with E-state index in [2.05, 4.69) is 10.0 Å². The second kappa shape index (κ2) is 5.28. The van der Waals surface area contributed by atoms with E-state index in [0.717, 1.165) is 24.2 Å². The highest BCUT2D eigenvalue weighted by Crippen LogP contribution is 2.21. The Morgan fingerprint density at radius 1 is 1.22 bits per heavy atom. The van der Waals surface area contributed by atoms with E-state index in [0.29, 0.717) is 18.5 Å². The molecule has 5 heteroatoms. The van der Waals surface area contributed by atoms with Crippen LogP contribution in [0.25, 0.3) is 0 Å². The highest BCUT2D eigenvalue weighted by atomic mass is 32.2. The van der Waals surface area contributed by atoms with Crippen LogP contribution in [0.5, 0.6) is 0 Å². The third kappa shape index (κ3) is 3.03. The maximum Gasteiger partial charge on any atom is 0.235 e. The van der Waals surface area contributed by atoms with Crippen LogP contribution in [0.4, 0.5) is 5.69 Å². The van der Waals surface area contributed by atoms with Gasteiger partial charge in [0.05, 0.1) is 10.9 Å². The molecule has 1 aromatic carbocycles. The lowest BCUT2D eigenvalue weighted by molar-refractivity contribution is 0.499. The third-order valence-corrected chi connectivity index (χ3v) is 5.21. The van der Waals surface area contributed by atoms with Gasteiger partial charge in [-0.25, -0.2) is 8.42 Å². The van der Waals surface area contributed by atoms with Crippen LogP contribution in [-0.2, 0) is 10.0 Å². The molecule has 0 bridgehead atoms. The normalized spacial score (nSPS) is 17.7. The fourth-order valence-electron chi connectivity index (χ4n) is 2.27. The van der Waals surface area contributed by atoms with Gasteiger partial charge in [-0.3, -0.25) is 4.72 Å². The van der Waals surface area contributed by atoms with E-state index in [4.69, 9.17) is 0 Å². The number of piperidine rings is 1. The van der Waals surface area contributed by atoms with Crippen molar-refractivity contribution < 1.29 is 8.42 Å². The Hall–Kier alpha value is -1.07. The molecule has 0 saturated carbocycles. The van der Waals surface area contributed by atoms with Gasteiger partial charge < -0.3 is 5.32 Å². The molecule has 1 aliphatic rings. The lowest BCUT2D eigenvalue weighted by Crippen LogP contribution is -2.38. The number of hydrogen-bond donors (Lipinski definition) is 2. The van der Waals surface area contributed by atoms with Crippen LogP contribution < -0.4 is 10.0 Å². The third-order valence-electron chi connectivity index (χ3n) is 3.36. The molecule has 0 spiro atoms. The van der Waals surface area contributed by atoms with Crippen LogP contribution in [0.2, 0.25) is 0 Å². The van der Waals surface area contributed by atoms with Crippen LogP contribution in [0.3, 0.4) is 0 Å². The summed E-state index contributed by atoms with van der Waals surface area (Å²) in [5.41, 5.74) is 2.80. The average Bonchev–Trinajstić information content (AvgIpc) is 2.34. The number of nitrogens with one attached hydrogen (secondary N) is 2. The first-order valence-electron chi connectivity index (χ1n) is 6.28. The Morgan fingerprint density at radius 3 is 2.50 bits per heavy atom. The molecule has 0 aromatic heterocycles. The highest BCUT2D eigenvalue weighted by molar-refractivity contribution is 7.93. The summed E-state index contributed by atoms with van der Waals surface area (Å²) >= 11 is 0. The molecule has 0 radical (unpaired) electrons. The minimum Gasteiger partial charge on any atom is -0.317 e. The molecule has 1 aromatic rings. The van der Waals surface area contributed by atoms with Crippen LogP contribution >= 0.6 is 0 Å². The van der Waals surface area contributed by atoms with Crippen molar-refractivity contribution in [1.82, 2.24) is 5.32 Å². The predicted octanol–water partition coefficient (Wildman–Crippen LogP) is 1.80. The Morgan fingerprint density at radius 2 is 1.89 bits per heavy atom. The molecule has 1 aliphatic heterocycles. The lowest BCUT2D eigenvalue weighted by atomic mass is 10.1. The molecule has 1 heterocycles. The van der Waals surface area contributed by atoms with E-state index in [9.17, 15) is 8.42 Å². The van der Waals surface area contributed by atoms with Gasteiger partial charge in [-0.1, -0.05) is 17.7 Å². The summed E-state index contributed by atoms with van der Waals surface area (Å²) in [5.74, 6) is 0. The van der Waals surface area contributed by atoms with Crippen molar-refractivity contribution in [1.29, 1.82) is 0 Å². The van der Waals surface area contributed by atoms with Gasteiger partial charge >= 0.3 is 0 Å². The Labute approximate surface area is 109 Å². The van der Waals surface area contributed by atoms with Crippen LogP contribution in [0, 0.1) is 13.8 Å². The van der Waals surface area contributed by atoms with Crippen molar-refractivity contribution in [3.8, 4) is 0 Å². The summed E-state index contributed by atoms with van der Waals surface area (Å²) in [6, 6.07) is 5.75. The van der Waals surface area contributed by atoms with E-state index < -0.39 is 10.0 Å². The maximum absolute atomic E-state index is 12.3. The molecule has 2 rings (SSSR count). The molecule has 0 unspecified atom stereocenters. The lowest BCUT2D eigenvalue weighted by Gasteiger charge is -2.23. The summed E-state index contributed by atoms with van der Waals surface area (Å²) in [4.78, 5) is 0. The molecule has 2 N–H and O–H groups in total. The zero-order valence-corrected chi connectivity index (χ0v) is 11.7. The average molecular weight is 268 g/mol. The first-order chi connectivity index (χ1) is 8.49. The molecule has 4 nitrogen and oxygen atoms in total. The Balaban J connectivity index is 2.16. The number of aryl methyl sites for hydroxylation is 2. The van der Waals surface area contributed by atoms with Crippen LogP contribution in [0.1, 0.15) is 24.0 Å². The number of sulfonamides is 1. The molecule has 100 valence electrons. The molecular weight excluding hydrogens is 248 g/mol. The number of rotatable bonds is 3. The van der Waals surface area contributed by atoms with Crippen molar-refractivity contribution in [2.75, 3.05) is 17.8 Å². The molecule has 0 aliphatic carbocycles. The maximum atomic E-state index is 12.3. The van der Waals surface area contributed by atoms with Crippen LogP contribution in [0.15, 0.2) is 18.2 Å². The monoisotopic (exact) mass is 268 g/mol. The fourth-order valence-corrected chi connectivity index (χ4v) is 3.83. The first-order valence-corrected chi connectivity index (χ1v) is 7.83. The summed E-state index contributed by atoms with van der Waals surface area (Å²) in [7, 11) is -3.26. The van der Waals surface area contributed by atoms with Crippen molar-refractivity contribution in [2.45, 2.75) is 31.9 Å². The second-order valence-corrected chi connectivity index (χ2v) is 6.88. The minimum atomic E-state index is -3.26. The van der Waals surface area contributed by atoms with E-state index in [1.165, 1.54) is 0 Å². The van der Waals surface area contributed by atoms with Gasteiger partial charge in [0.1, 0.15) is 0 Å². The van der Waals surface area contributed by atoms with Gasteiger partial charge in [-0.05, 0) is 51.4 Å². The molecule has 0 atom stereocenters. The standard InChI is InChI=1S/C13H20N2O2S/c1-10-3-4-13(11(2)9-10)15-18(16,17)12-5-7-14-8-6-12/h3-4,9,12,14-15H,5-8H2,1-2H3. The summed E-state index contributed by atoms with van der Waals surface area (Å²) in [6.07, 6.45) is 1.36. The highest BCUT2D eigenvalue weighted by Gasteiger charge is 2.27. The number of anilines is 1. The van der Waals surface area contributed by atoms with Crippen molar-refractivity contribution in [3.63, 3.8) is 0 Å². The van der Waals surface area contributed by atoms with Crippen molar-refractivity contribution in [2.24, 2.45) is 0 Å². The van der Waals surface area contributed by atoms with Gasteiger partial charge in [0.2, 0.25) is 10.0 Å². The van der Waals surface area contributed by atoms with E-state index in [1.54, 1.807) is 0 Å². The van der Waals surface area contributed by atoms with Gasteiger partial charge in [0.15, 0.2) is 0 Å². The first kappa shape index (κ1) is 13.4. The van der Waals surface area contributed by atoms with Gasteiger partial charge in [0, 0.05) is 0 Å². The van der Waals surface area contributed by atoms with E-state index in [1.807, 2.05) is 32.0 Å². The minimum absolute atomic E-state index is 0.278. The molecule has 1 saturated heterocycles. The molecule has 18 heavy (non-hydrogen) atoms. The second-order valence-electron chi connectivity index (χ2n) is 4.91. The van der Waals surface area contributed by atoms with Crippen molar-refractivity contribution >= 4 is 15.7 Å². The zero-order valence-electron chi connectivity index (χ0n) is 10.9. The summed E-state index contributed by atoms with van der Waals surface area (Å²) in [6.45, 7) is 5.47. The molecule has 1 fully saturated rings.